The van der Waals surface area contributed by atoms with Crippen LogP contribution in [0.3, 0.4) is 0 Å². The summed E-state index contributed by atoms with van der Waals surface area (Å²) in [6.45, 7) is 1.80. The molecule has 0 unspecified atom stereocenters. The summed E-state index contributed by atoms with van der Waals surface area (Å²) in [6, 6.07) is 4.20. The van der Waals surface area contributed by atoms with Crippen LogP contribution in [0.5, 0.6) is 0 Å². The van der Waals surface area contributed by atoms with E-state index in [4.69, 9.17) is 11.6 Å². The van der Waals surface area contributed by atoms with Gasteiger partial charge in [-0.05, 0) is 25.1 Å². The van der Waals surface area contributed by atoms with Crippen LogP contribution in [0.1, 0.15) is 15.4 Å². The fourth-order valence-electron chi connectivity index (χ4n) is 1.32. The van der Waals surface area contributed by atoms with Crippen molar-refractivity contribution in [2.24, 2.45) is 0 Å². The number of benzene rings is 1. The first-order valence-electron chi connectivity index (χ1n) is 4.49. The largest absolute Gasteiger partial charge is 0.296 e. The molecule has 16 heavy (non-hydrogen) atoms. The van der Waals surface area contributed by atoms with Crippen LogP contribution < -0.4 is 0 Å². The third-order valence-corrected chi connectivity index (χ3v) is 3.31. The number of carbonyl (C=O) groups excluding carboxylic acids is 1. The Morgan fingerprint density at radius 2 is 2.19 bits per heavy atom. The van der Waals surface area contributed by atoms with Gasteiger partial charge in [0.2, 0.25) is 0 Å². The summed E-state index contributed by atoms with van der Waals surface area (Å²) in [7, 11) is 0. The number of aromatic nitrogens is 1. The van der Waals surface area contributed by atoms with Crippen LogP contribution in [0.25, 0.3) is 10.6 Å². The summed E-state index contributed by atoms with van der Waals surface area (Å²) in [5, 5.41) is 0.913. The number of hydrogen-bond donors (Lipinski definition) is 0. The van der Waals surface area contributed by atoms with Gasteiger partial charge in [0.15, 0.2) is 6.29 Å². The van der Waals surface area contributed by atoms with Gasteiger partial charge in [-0.1, -0.05) is 11.6 Å². The lowest BCUT2D eigenvalue weighted by atomic mass is 10.2. The van der Waals surface area contributed by atoms with E-state index in [9.17, 15) is 9.18 Å². The summed E-state index contributed by atoms with van der Waals surface area (Å²) in [4.78, 5) is 15.6. The van der Waals surface area contributed by atoms with Crippen LogP contribution in [0, 0.1) is 12.7 Å². The Morgan fingerprint density at radius 1 is 1.44 bits per heavy atom. The van der Waals surface area contributed by atoms with E-state index in [0.29, 0.717) is 27.6 Å². The lowest BCUT2D eigenvalue weighted by Gasteiger charge is -1.97. The SMILES string of the molecule is Cc1sc(-c2cc(F)cc(Cl)c2)nc1C=O. The Morgan fingerprint density at radius 3 is 2.75 bits per heavy atom. The number of rotatable bonds is 2. The maximum atomic E-state index is 13.1. The van der Waals surface area contributed by atoms with Gasteiger partial charge in [-0.2, -0.15) is 0 Å². The molecule has 0 aliphatic heterocycles. The molecule has 82 valence electrons. The zero-order chi connectivity index (χ0) is 11.7. The number of hydrogen-bond acceptors (Lipinski definition) is 3. The van der Waals surface area contributed by atoms with Crippen molar-refractivity contribution in [1.82, 2.24) is 4.98 Å². The van der Waals surface area contributed by atoms with Crippen LogP contribution in [0.15, 0.2) is 18.2 Å². The molecule has 0 saturated carbocycles. The lowest BCUT2D eigenvalue weighted by Crippen LogP contribution is -1.83. The molecule has 2 aromatic rings. The molecule has 0 amide bonds. The smallest absolute Gasteiger partial charge is 0.169 e. The number of carbonyl (C=O) groups is 1. The molecule has 0 fully saturated rings. The first-order valence-corrected chi connectivity index (χ1v) is 5.68. The van der Waals surface area contributed by atoms with E-state index >= 15 is 0 Å². The van der Waals surface area contributed by atoms with Crippen molar-refractivity contribution in [3.8, 4) is 10.6 Å². The van der Waals surface area contributed by atoms with E-state index in [-0.39, 0.29) is 0 Å². The first kappa shape index (κ1) is 11.2. The van der Waals surface area contributed by atoms with E-state index in [1.54, 1.807) is 13.0 Å². The van der Waals surface area contributed by atoms with Crippen molar-refractivity contribution >= 4 is 29.2 Å². The molecule has 2 nitrogen and oxygen atoms in total. The fraction of sp³-hybridized carbons (Fsp3) is 0.0909. The maximum Gasteiger partial charge on any atom is 0.169 e. The molecule has 1 aromatic heterocycles. The molecule has 0 aliphatic rings. The second-order valence-electron chi connectivity index (χ2n) is 3.24. The van der Waals surface area contributed by atoms with Gasteiger partial charge in [0.25, 0.3) is 0 Å². The first-order chi connectivity index (χ1) is 7.60. The molecule has 5 heteroatoms. The Kier molecular flexibility index (Phi) is 3.03. The Balaban J connectivity index is 2.53. The molecule has 0 N–H and O–H groups in total. The Bertz CT molecular complexity index is 533. The van der Waals surface area contributed by atoms with Crippen LogP contribution in [-0.2, 0) is 0 Å². The predicted octanol–water partition coefficient (Wildman–Crippen LogP) is 3.72. The topological polar surface area (TPSA) is 30.0 Å². The second-order valence-corrected chi connectivity index (χ2v) is 4.88. The molecular weight excluding hydrogens is 249 g/mol. The fourth-order valence-corrected chi connectivity index (χ4v) is 2.41. The predicted molar refractivity (Wildman–Crippen MR) is 62.6 cm³/mol. The minimum atomic E-state index is -0.414. The zero-order valence-electron chi connectivity index (χ0n) is 8.33. The quantitative estimate of drug-likeness (QED) is 0.766. The van der Waals surface area contributed by atoms with Crippen LogP contribution in [-0.4, -0.2) is 11.3 Å². The lowest BCUT2D eigenvalue weighted by molar-refractivity contribution is 0.111. The van der Waals surface area contributed by atoms with Crippen molar-refractivity contribution < 1.29 is 9.18 Å². The third-order valence-electron chi connectivity index (χ3n) is 2.05. The van der Waals surface area contributed by atoms with Gasteiger partial charge in [0.1, 0.15) is 16.5 Å². The Labute approximate surface area is 101 Å². The van der Waals surface area contributed by atoms with Crippen molar-refractivity contribution in [1.29, 1.82) is 0 Å². The molecule has 0 bridgehead atoms. The molecule has 0 saturated heterocycles. The van der Waals surface area contributed by atoms with Gasteiger partial charge >= 0.3 is 0 Å². The number of halogens is 2. The summed E-state index contributed by atoms with van der Waals surface area (Å²) in [6.07, 6.45) is 0.691. The molecule has 0 aliphatic carbocycles. The number of aryl methyl sites for hydroxylation is 1. The third kappa shape index (κ3) is 2.13. The number of thiazole rings is 1. The summed E-state index contributed by atoms with van der Waals surface area (Å²) in [5.74, 6) is -0.414. The van der Waals surface area contributed by atoms with Gasteiger partial charge in [0, 0.05) is 15.5 Å². The minimum absolute atomic E-state index is 0.315. The van der Waals surface area contributed by atoms with Gasteiger partial charge in [-0.3, -0.25) is 4.79 Å². The van der Waals surface area contributed by atoms with E-state index in [1.165, 1.54) is 23.5 Å². The highest BCUT2D eigenvalue weighted by atomic mass is 35.5. The average molecular weight is 256 g/mol. The van der Waals surface area contributed by atoms with Gasteiger partial charge in [0.05, 0.1) is 0 Å². The highest BCUT2D eigenvalue weighted by molar-refractivity contribution is 7.15. The second kappa shape index (κ2) is 4.31. The van der Waals surface area contributed by atoms with Crippen molar-refractivity contribution in [2.75, 3.05) is 0 Å². The number of nitrogens with zero attached hydrogens (tertiary/aromatic N) is 1. The van der Waals surface area contributed by atoms with E-state index in [1.807, 2.05) is 0 Å². The average Bonchev–Trinajstić information content (AvgIpc) is 2.58. The van der Waals surface area contributed by atoms with E-state index < -0.39 is 5.82 Å². The monoisotopic (exact) mass is 255 g/mol. The minimum Gasteiger partial charge on any atom is -0.296 e. The van der Waals surface area contributed by atoms with Gasteiger partial charge in [-0.15, -0.1) is 11.3 Å². The zero-order valence-corrected chi connectivity index (χ0v) is 9.90. The highest BCUT2D eigenvalue weighted by Crippen LogP contribution is 2.29. The molecular formula is C11H7ClFNOS. The van der Waals surface area contributed by atoms with E-state index in [0.717, 1.165) is 4.88 Å². The van der Waals surface area contributed by atoms with Crippen molar-refractivity contribution in [3.05, 3.63) is 39.6 Å². The normalized spacial score (nSPS) is 10.4. The molecule has 2 rings (SSSR count). The molecule has 1 heterocycles. The highest BCUT2D eigenvalue weighted by Gasteiger charge is 2.10. The molecule has 0 radical (unpaired) electrons. The van der Waals surface area contributed by atoms with Crippen molar-refractivity contribution in [2.45, 2.75) is 6.92 Å². The maximum absolute atomic E-state index is 13.1. The Hall–Kier alpha value is -1.26. The van der Waals surface area contributed by atoms with Gasteiger partial charge in [-0.25, -0.2) is 9.37 Å². The van der Waals surface area contributed by atoms with Gasteiger partial charge < -0.3 is 0 Å². The summed E-state index contributed by atoms with van der Waals surface area (Å²) in [5.41, 5.74) is 0.978. The number of aldehydes is 1. The van der Waals surface area contributed by atoms with Crippen LogP contribution in [0.4, 0.5) is 4.39 Å². The van der Waals surface area contributed by atoms with Crippen LogP contribution in [0.2, 0.25) is 5.02 Å². The molecule has 0 spiro atoms. The van der Waals surface area contributed by atoms with Crippen LogP contribution >= 0.6 is 22.9 Å². The summed E-state index contributed by atoms with van der Waals surface area (Å²) < 4.78 is 13.1. The van der Waals surface area contributed by atoms with E-state index in [2.05, 4.69) is 4.98 Å². The summed E-state index contributed by atoms with van der Waals surface area (Å²) >= 11 is 7.09. The molecule has 1 aromatic carbocycles. The standard InChI is InChI=1S/C11H7ClFNOS/c1-6-10(5-15)14-11(16-6)7-2-8(12)4-9(13)3-7/h2-5H,1H3. The molecule has 0 atom stereocenters. The van der Waals surface area contributed by atoms with Crippen molar-refractivity contribution in [3.63, 3.8) is 0 Å².